The summed E-state index contributed by atoms with van der Waals surface area (Å²) in [7, 11) is 0. The Labute approximate surface area is 420 Å². The average molecular weight is 920 g/mol. The van der Waals surface area contributed by atoms with Gasteiger partial charge in [-0.15, -0.1) is 0 Å². The molecule has 2 nitrogen and oxygen atoms in total. The van der Waals surface area contributed by atoms with Crippen LogP contribution in [0.15, 0.2) is 265 Å². The number of nitrogens with zero attached hydrogens (tertiary/aromatic N) is 1. The lowest BCUT2D eigenvalue weighted by Gasteiger charge is -2.46. The zero-order valence-corrected chi connectivity index (χ0v) is 40.2. The summed E-state index contributed by atoms with van der Waals surface area (Å²) in [6.45, 7) is 4.79. The van der Waals surface area contributed by atoms with Gasteiger partial charge < -0.3 is 9.32 Å². The Morgan fingerprint density at radius 2 is 0.792 bits per heavy atom. The van der Waals surface area contributed by atoms with Gasteiger partial charge in [0.05, 0.1) is 16.8 Å². The largest absolute Gasteiger partial charge is 0.456 e. The summed E-state index contributed by atoms with van der Waals surface area (Å²) in [5.74, 6) is 0. The number of anilines is 3. The van der Waals surface area contributed by atoms with E-state index >= 15 is 0 Å². The Bertz CT molecular complexity index is 4050. The fourth-order valence-electron chi connectivity index (χ4n) is 12.7. The summed E-state index contributed by atoms with van der Waals surface area (Å²) in [6.07, 6.45) is 0. The minimum absolute atomic E-state index is 0.197. The molecule has 2 heteroatoms. The lowest BCUT2D eigenvalue weighted by Crippen LogP contribution is -2.40. The third-order valence-corrected chi connectivity index (χ3v) is 15.8. The number of fused-ring (bicyclic) bond motifs is 12. The number of benzene rings is 11. The fraction of sp³-hybridized carbons (Fsp3) is 0.0571. The highest BCUT2D eigenvalue weighted by Gasteiger charge is 2.54. The summed E-state index contributed by atoms with van der Waals surface area (Å²) >= 11 is 0. The average Bonchev–Trinajstić information content (AvgIpc) is 3.97. The fourth-order valence-corrected chi connectivity index (χ4v) is 12.7. The van der Waals surface area contributed by atoms with Crippen molar-refractivity contribution in [2.45, 2.75) is 24.7 Å². The van der Waals surface area contributed by atoms with Crippen LogP contribution in [0.3, 0.4) is 0 Å². The first-order valence-corrected chi connectivity index (χ1v) is 25.1. The van der Waals surface area contributed by atoms with Gasteiger partial charge in [0.2, 0.25) is 0 Å². The van der Waals surface area contributed by atoms with E-state index in [0.717, 1.165) is 61.3 Å². The maximum absolute atomic E-state index is 6.32. The van der Waals surface area contributed by atoms with Crippen LogP contribution in [0, 0.1) is 0 Å². The smallest absolute Gasteiger partial charge is 0.135 e. The molecule has 0 amide bonds. The molecule has 0 radical (unpaired) electrons. The molecule has 1 aromatic heterocycles. The summed E-state index contributed by atoms with van der Waals surface area (Å²) < 4.78 is 6.32. The highest BCUT2D eigenvalue weighted by Crippen LogP contribution is 2.64. The SMILES string of the molecule is CC1(C)c2ccccc2C2(c3ccccc3-c3c(N(c4cccc(-c5ccc6oc7ccccc7c6c5)c4)c4ccccc4-c4ccccc4-c4ccccc4-c4ccccc4)cccc32)c2ccccc21. The van der Waals surface area contributed by atoms with Crippen LogP contribution >= 0.6 is 0 Å². The van der Waals surface area contributed by atoms with Crippen molar-refractivity contribution in [3.8, 4) is 55.6 Å². The number of hydrogen-bond donors (Lipinski definition) is 0. The van der Waals surface area contributed by atoms with Crippen molar-refractivity contribution in [2.75, 3.05) is 4.90 Å². The highest BCUT2D eigenvalue weighted by atomic mass is 16.3. The Balaban J connectivity index is 1.05. The van der Waals surface area contributed by atoms with E-state index in [1.165, 1.54) is 66.8 Å². The first-order valence-electron chi connectivity index (χ1n) is 25.1. The second-order valence-corrected chi connectivity index (χ2v) is 19.9. The van der Waals surface area contributed by atoms with E-state index in [1.807, 2.05) is 6.07 Å². The predicted molar refractivity (Wildman–Crippen MR) is 300 cm³/mol. The molecule has 1 heterocycles. The molecule has 12 aromatic rings. The minimum Gasteiger partial charge on any atom is -0.456 e. The Morgan fingerprint density at radius 1 is 0.306 bits per heavy atom. The molecular formula is C70H49NO. The quantitative estimate of drug-likeness (QED) is 0.158. The molecule has 0 bridgehead atoms. The van der Waals surface area contributed by atoms with Crippen LogP contribution in [0.25, 0.3) is 77.6 Å². The van der Waals surface area contributed by atoms with Crippen molar-refractivity contribution in [1.29, 1.82) is 0 Å². The topological polar surface area (TPSA) is 16.4 Å². The van der Waals surface area contributed by atoms with Crippen LogP contribution in [0.2, 0.25) is 0 Å². The zero-order chi connectivity index (χ0) is 48.0. The van der Waals surface area contributed by atoms with Gasteiger partial charge in [-0.05, 0) is 120 Å². The molecule has 0 fully saturated rings. The molecule has 0 saturated carbocycles. The van der Waals surface area contributed by atoms with Crippen molar-refractivity contribution in [3.63, 3.8) is 0 Å². The number of para-hydroxylation sites is 2. The molecule has 0 saturated heterocycles. The highest BCUT2D eigenvalue weighted by molar-refractivity contribution is 6.07. The Morgan fingerprint density at radius 3 is 1.53 bits per heavy atom. The number of hydrogen-bond acceptors (Lipinski definition) is 2. The summed E-state index contributed by atoms with van der Waals surface area (Å²) in [6, 6.07) is 96.3. The van der Waals surface area contributed by atoms with Crippen molar-refractivity contribution in [1.82, 2.24) is 0 Å². The van der Waals surface area contributed by atoms with Crippen LogP contribution in [0.4, 0.5) is 17.1 Å². The normalized spacial score (nSPS) is 13.6. The van der Waals surface area contributed by atoms with Gasteiger partial charge >= 0.3 is 0 Å². The lowest BCUT2D eigenvalue weighted by atomic mass is 9.55. The second kappa shape index (κ2) is 16.3. The molecule has 0 unspecified atom stereocenters. The van der Waals surface area contributed by atoms with E-state index in [1.54, 1.807) is 0 Å². The van der Waals surface area contributed by atoms with Crippen molar-refractivity contribution in [3.05, 3.63) is 294 Å². The van der Waals surface area contributed by atoms with Crippen molar-refractivity contribution >= 4 is 39.0 Å². The maximum Gasteiger partial charge on any atom is 0.135 e. The van der Waals surface area contributed by atoms with Crippen LogP contribution < -0.4 is 4.90 Å². The summed E-state index contributed by atoms with van der Waals surface area (Å²) in [5.41, 5.74) is 24.2. The molecule has 0 N–H and O–H groups in total. The van der Waals surface area contributed by atoms with E-state index in [0.29, 0.717) is 0 Å². The summed E-state index contributed by atoms with van der Waals surface area (Å²) in [4.78, 5) is 2.55. The number of rotatable bonds is 7. The van der Waals surface area contributed by atoms with Crippen molar-refractivity contribution < 1.29 is 4.42 Å². The Kier molecular flexibility index (Phi) is 9.50. The van der Waals surface area contributed by atoms with Gasteiger partial charge in [-0.1, -0.05) is 232 Å². The van der Waals surface area contributed by atoms with Gasteiger partial charge in [0.25, 0.3) is 0 Å². The van der Waals surface area contributed by atoms with Gasteiger partial charge in [0.15, 0.2) is 0 Å². The van der Waals surface area contributed by atoms with Gasteiger partial charge in [0, 0.05) is 33.0 Å². The molecule has 14 rings (SSSR count). The Hall–Kier alpha value is -8.98. The van der Waals surface area contributed by atoms with Gasteiger partial charge in [-0.25, -0.2) is 0 Å². The minimum atomic E-state index is -0.547. The van der Waals surface area contributed by atoms with E-state index < -0.39 is 5.41 Å². The number of furan rings is 1. The van der Waals surface area contributed by atoms with Gasteiger partial charge in [0.1, 0.15) is 11.2 Å². The predicted octanol–water partition coefficient (Wildman–Crippen LogP) is 18.7. The molecule has 340 valence electrons. The molecule has 2 aliphatic rings. The molecular weight excluding hydrogens is 871 g/mol. The van der Waals surface area contributed by atoms with E-state index in [-0.39, 0.29) is 5.41 Å². The van der Waals surface area contributed by atoms with Crippen LogP contribution in [-0.2, 0) is 10.8 Å². The molecule has 0 atom stereocenters. The molecule has 2 aliphatic carbocycles. The standard InChI is InChI=1S/C70H49NO/c1-69(2)59-34-14-16-36-61(59)70(62-37-17-15-35-60(62)69)58-33-13-10-32-56(58)68-63(70)38-21-40-65(68)71(49-25-20-24-47(44-49)48-42-43-67-57(45-48)55-31-12-19-41-66(55)72-67)64-39-18-11-30-54(64)53-29-9-8-28-52(53)51-27-7-6-26-50(51)46-22-4-3-5-23-46/h3-45H,1-2H3. The first-order chi connectivity index (χ1) is 35.5. The van der Waals surface area contributed by atoms with Crippen LogP contribution in [0.1, 0.15) is 47.2 Å². The van der Waals surface area contributed by atoms with Crippen molar-refractivity contribution in [2.24, 2.45) is 0 Å². The molecule has 72 heavy (non-hydrogen) atoms. The molecule has 11 aromatic carbocycles. The maximum atomic E-state index is 6.32. The van der Waals surface area contributed by atoms with E-state index in [4.69, 9.17) is 4.42 Å². The van der Waals surface area contributed by atoms with Crippen LogP contribution in [-0.4, -0.2) is 0 Å². The van der Waals surface area contributed by atoms with Crippen LogP contribution in [0.5, 0.6) is 0 Å². The lowest BCUT2D eigenvalue weighted by molar-refractivity contribution is 0.563. The second-order valence-electron chi connectivity index (χ2n) is 19.9. The third kappa shape index (κ3) is 6.15. The monoisotopic (exact) mass is 919 g/mol. The summed E-state index contributed by atoms with van der Waals surface area (Å²) in [5, 5.41) is 2.23. The zero-order valence-electron chi connectivity index (χ0n) is 40.2. The molecule has 1 spiro atoms. The van der Waals surface area contributed by atoms with Gasteiger partial charge in [-0.3, -0.25) is 0 Å². The van der Waals surface area contributed by atoms with E-state index in [9.17, 15) is 0 Å². The first kappa shape index (κ1) is 41.9. The van der Waals surface area contributed by atoms with Gasteiger partial charge in [-0.2, -0.15) is 0 Å². The molecule has 0 aliphatic heterocycles. The van der Waals surface area contributed by atoms with E-state index in [2.05, 4.69) is 274 Å². The third-order valence-electron chi connectivity index (χ3n) is 15.8.